The number of halogens is 2. The SMILES string of the molecule is O=C(Nc1ccc(Cl)nc1)c1cccc(F)n1. The Kier molecular flexibility index (Phi) is 3.30. The summed E-state index contributed by atoms with van der Waals surface area (Å²) in [5.41, 5.74) is 0.463. The van der Waals surface area contributed by atoms with Crippen LogP contribution in [0.5, 0.6) is 0 Å². The molecule has 0 saturated carbocycles. The van der Waals surface area contributed by atoms with Crippen LogP contribution in [0, 0.1) is 5.95 Å². The Bertz CT molecular complexity index is 545. The largest absolute Gasteiger partial charge is 0.319 e. The van der Waals surface area contributed by atoms with E-state index < -0.39 is 11.9 Å². The Balaban J connectivity index is 2.14. The van der Waals surface area contributed by atoms with Crippen LogP contribution < -0.4 is 5.32 Å². The van der Waals surface area contributed by atoms with Gasteiger partial charge in [0.15, 0.2) is 0 Å². The summed E-state index contributed by atoms with van der Waals surface area (Å²) in [6.45, 7) is 0. The first kappa shape index (κ1) is 11.5. The van der Waals surface area contributed by atoms with Crippen molar-refractivity contribution in [1.82, 2.24) is 9.97 Å². The number of hydrogen-bond acceptors (Lipinski definition) is 3. The van der Waals surface area contributed by atoms with Gasteiger partial charge in [-0.15, -0.1) is 0 Å². The maximum absolute atomic E-state index is 12.8. The predicted molar refractivity (Wildman–Crippen MR) is 61.4 cm³/mol. The molecule has 0 saturated heterocycles. The molecule has 0 fully saturated rings. The number of nitrogens with zero attached hydrogens (tertiary/aromatic N) is 2. The minimum atomic E-state index is -0.702. The van der Waals surface area contributed by atoms with Crippen molar-refractivity contribution in [2.24, 2.45) is 0 Å². The summed E-state index contributed by atoms with van der Waals surface area (Å²) in [6.07, 6.45) is 1.40. The minimum absolute atomic E-state index is 0.0000463. The van der Waals surface area contributed by atoms with Gasteiger partial charge >= 0.3 is 0 Å². The van der Waals surface area contributed by atoms with Gasteiger partial charge in [-0.3, -0.25) is 4.79 Å². The number of nitrogens with one attached hydrogen (secondary N) is 1. The van der Waals surface area contributed by atoms with E-state index in [2.05, 4.69) is 15.3 Å². The first-order chi connectivity index (χ1) is 8.15. The average molecular weight is 252 g/mol. The molecule has 1 amide bonds. The Morgan fingerprint density at radius 2 is 2.12 bits per heavy atom. The van der Waals surface area contributed by atoms with Gasteiger partial charge in [0.05, 0.1) is 11.9 Å². The summed E-state index contributed by atoms with van der Waals surface area (Å²) in [6, 6.07) is 7.13. The van der Waals surface area contributed by atoms with Gasteiger partial charge < -0.3 is 5.32 Å². The number of rotatable bonds is 2. The highest BCUT2D eigenvalue weighted by Crippen LogP contribution is 2.10. The van der Waals surface area contributed by atoms with E-state index in [0.717, 1.165) is 0 Å². The zero-order valence-electron chi connectivity index (χ0n) is 8.52. The molecule has 1 N–H and O–H groups in total. The smallest absolute Gasteiger partial charge is 0.274 e. The van der Waals surface area contributed by atoms with Crippen molar-refractivity contribution in [1.29, 1.82) is 0 Å². The van der Waals surface area contributed by atoms with Crippen molar-refractivity contribution in [3.05, 3.63) is 53.3 Å². The van der Waals surface area contributed by atoms with E-state index in [1.54, 1.807) is 6.07 Å². The maximum atomic E-state index is 12.8. The van der Waals surface area contributed by atoms with Crippen molar-refractivity contribution in [3.63, 3.8) is 0 Å². The molecule has 17 heavy (non-hydrogen) atoms. The molecule has 0 bridgehead atoms. The van der Waals surface area contributed by atoms with Gasteiger partial charge in [-0.05, 0) is 24.3 Å². The lowest BCUT2D eigenvalue weighted by Gasteiger charge is -2.03. The molecule has 4 nitrogen and oxygen atoms in total. The number of pyridine rings is 2. The topological polar surface area (TPSA) is 54.9 Å². The molecule has 2 aromatic heterocycles. The molecule has 0 aromatic carbocycles. The second-order valence-corrected chi connectivity index (χ2v) is 3.56. The molecular formula is C11H7ClFN3O. The summed E-state index contributed by atoms with van der Waals surface area (Å²) in [5, 5.41) is 2.85. The first-order valence-electron chi connectivity index (χ1n) is 4.70. The van der Waals surface area contributed by atoms with Crippen LogP contribution in [-0.4, -0.2) is 15.9 Å². The highest BCUT2D eigenvalue weighted by molar-refractivity contribution is 6.29. The van der Waals surface area contributed by atoms with E-state index in [0.29, 0.717) is 10.8 Å². The van der Waals surface area contributed by atoms with Gasteiger partial charge in [-0.25, -0.2) is 9.97 Å². The highest BCUT2D eigenvalue weighted by Gasteiger charge is 2.08. The van der Waals surface area contributed by atoms with Gasteiger partial charge in [0.1, 0.15) is 10.8 Å². The van der Waals surface area contributed by atoms with Crippen LogP contribution in [0.4, 0.5) is 10.1 Å². The van der Waals surface area contributed by atoms with Crippen molar-refractivity contribution in [3.8, 4) is 0 Å². The van der Waals surface area contributed by atoms with E-state index in [-0.39, 0.29) is 5.69 Å². The molecule has 0 unspecified atom stereocenters. The van der Waals surface area contributed by atoms with Crippen LogP contribution in [0.3, 0.4) is 0 Å². The predicted octanol–water partition coefficient (Wildman–Crippen LogP) is 2.52. The number of hydrogen-bond donors (Lipinski definition) is 1. The van der Waals surface area contributed by atoms with E-state index in [1.165, 1.54) is 30.5 Å². The van der Waals surface area contributed by atoms with Crippen LogP contribution in [-0.2, 0) is 0 Å². The van der Waals surface area contributed by atoms with E-state index in [9.17, 15) is 9.18 Å². The van der Waals surface area contributed by atoms with Crippen LogP contribution in [0.1, 0.15) is 10.5 Å². The number of amides is 1. The molecule has 86 valence electrons. The second-order valence-electron chi connectivity index (χ2n) is 3.17. The third kappa shape index (κ3) is 2.98. The van der Waals surface area contributed by atoms with Gasteiger partial charge in [0.25, 0.3) is 5.91 Å². The molecule has 2 rings (SSSR count). The van der Waals surface area contributed by atoms with Crippen LogP contribution >= 0.6 is 11.6 Å². The number of aromatic nitrogens is 2. The number of carbonyl (C=O) groups is 1. The zero-order valence-corrected chi connectivity index (χ0v) is 9.28. The van der Waals surface area contributed by atoms with E-state index >= 15 is 0 Å². The molecule has 0 aliphatic rings. The maximum Gasteiger partial charge on any atom is 0.274 e. The van der Waals surface area contributed by atoms with Crippen molar-refractivity contribution >= 4 is 23.2 Å². The summed E-state index contributed by atoms with van der Waals surface area (Å²) in [7, 11) is 0. The molecule has 0 atom stereocenters. The fourth-order valence-corrected chi connectivity index (χ4v) is 1.29. The first-order valence-corrected chi connectivity index (χ1v) is 5.08. The van der Waals surface area contributed by atoms with Gasteiger partial charge in [0.2, 0.25) is 5.95 Å². The quantitative estimate of drug-likeness (QED) is 0.835. The van der Waals surface area contributed by atoms with Crippen molar-refractivity contribution < 1.29 is 9.18 Å². The summed E-state index contributed by atoms with van der Waals surface area (Å²) in [4.78, 5) is 18.9. The van der Waals surface area contributed by atoms with Gasteiger partial charge in [-0.1, -0.05) is 17.7 Å². The van der Waals surface area contributed by atoms with Crippen molar-refractivity contribution in [2.45, 2.75) is 0 Å². The van der Waals surface area contributed by atoms with Gasteiger partial charge in [0, 0.05) is 0 Å². The molecule has 0 aliphatic carbocycles. The van der Waals surface area contributed by atoms with Crippen LogP contribution in [0.2, 0.25) is 5.15 Å². The summed E-state index contributed by atoms with van der Waals surface area (Å²) in [5.74, 6) is -1.21. The normalized spacial score (nSPS) is 10.0. The number of carbonyl (C=O) groups excluding carboxylic acids is 1. The zero-order chi connectivity index (χ0) is 12.3. The molecule has 2 aromatic rings. The lowest BCUT2D eigenvalue weighted by molar-refractivity contribution is 0.102. The standard InChI is InChI=1S/C11H7ClFN3O/c12-9-5-4-7(6-14-9)15-11(17)8-2-1-3-10(13)16-8/h1-6H,(H,15,17). The Morgan fingerprint density at radius 1 is 1.29 bits per heavy atom. The molecule has 6 heteroatoms. The Morgan fingerprint density at radius 3 is 2.76 bits per heavy atom. The fourth-order valence-electron chi connectivity index (χ4n) is 1.18. The van der Waals surface area contributed by atoms with Gasteiger partial charge in [-0.2, -0.15) is 4.39 Å². The van der Waals surface area contributed by atoms with Crippen LogP contribution in [0.15, 0.2) is 36.5 Å². The summed E-state index contributed by atoms with van der Waals surface area (Å²) >= 11 is 5.60. The highest BCUT2D eigenvalue weighted by atomic mass is 35.5. The van der Waals surface area contributed by atoms with E-state index in [4.69, 9.17) is 11.6 Å². The molecule has 0 radical (unpaired) electrons. The fraction of sp³-hybridized carbons (Fsp3) is 0. The third-order valence-electron chi connectivity index (χ3n) is 1.93. The molecule has 0 aliphatic heterocycles. The average Bonchev–Trinajstić information content (AvgIpc) is 2.32. The minimum Gasteiger partial charge on any atom is -0.319 e. The number of anilines is 1. The third-order valence-corrected chi connectivity index (χ3v) is 2.16. The molecule has 2 heterocycles. The second kappa shape index (κ2) is 4.88. The lowest BCUT2D eigenvalue weighted by Crippen LogP contribution is -2.14. The van der Waals surface area contributed by atoms with Crippen LogP contribution in [0.25, 0.3) is 0 Å². The molecular weight excluding hydrogens is 245 g/mol. The van der Waals surface area contributed by atoms with E-state index in [1.807, 2.05) is 0 Å². The molecule has 0 spiro atoms. The Hall–Kier alpha value is -2.01. The van der Waals surface area contributed by atoms with Crippen molar-refractivity contribution in [2.75, 3.05) is 5.32 Å². The lowest BCUT2D eigenvalue weighted by atomic mass is 10.3. The summed E-state index contributed by atoms with van der Waals surface area (Å²) < 4.78 is 12.8. The Labute approximate surface area is 101 Å². The monoisotopic (exact) mass is 251 g/mol.